The molecule has 0 saturated heterocycles. The van der Waals surface area contributed by atoms with Gasteiger partial charge in [0.1, 0.15) is 5.82 Å². The first kappa shape index (κ1) is 14.1. The van der Waals surface area contributed by atoms with Gasteiger partial charge in [-0.15, -0.1) is 10.2 Å². The van der Waals surface area contributed by atoms with Gasteiger partial charge in [0.2, 0.25) is 0 Å². The molecule has 3 rings (SSSR count). The van der Waals surface area contributed by atoms with E-state index in [0.717, 1.165) is 28.3 Å². The van der Waals surface area contributed by atoms with Crippen molar-refractivity contribution in [2.45, 2.75) is 20.8 Å². The van der Waals surface area contributed by atoms with Crippen LogP contribution in [0.4, 0.5) is 16.2 Å². The summed E-state index contributed by atoms with van der Waals surface area (Å²) in [5, 5.41) is 13.7. The molecule has 0 spiro atoms. The zero-order valence-electron chi connectivity index (χ0n) is 12.7. The molecule has 22 heavy (non-hydrogen) atoms. The normalized spacial score (nSPS) is 10.7. The van der Waals surface area contributed by atoms with E-state index in [4.69, 9.17) is 0 Å². The van der Waals surface area contributed by atoms with Gasteiger partial charge < -0.3 is 10.6 Å². The third-order valence-electron chi connectivity index (χ3n) is 3.46. The molecule has 3 aromatic rings. The summed E-state index contributed by atoms with van der Waals surface area (Å²) in [6.45, 7) is 5.85. The Labute approximate surface area is 128 Å². The molecular formula is C16H17N5O. The number of aryl methyl sites for hydroxylation is 3. The molecule has 0 fully saturated rings. The van der Waals surface area contributed by atoms with E-state index in [1.165, 1.54) is 0 Å². The number of amides is 2. The molecule has 6 heteroatoms. The highest BCUT2D eigenvalue weighted by atomic mass is 16.2. The Kier molecular flexibility index (Phi) is 3.50. The summed E-state index contributed by atoms with van der Waals surface area (Å²) < 4.78 is 1.83. The lowest BCUT2D eigenvalue weighted by Crippen LogP contribution is -2.20. The molecule has 0 atom stereocenters. The molecule has 2 aromatic heterocycles. The number of nitrogens with one attached hydrogen (secondary N) is 2. The van der Waals surface area contributed by atoms with Crippen molar-refractivity contribution in [1.29, 1.82) is 0 Å². The van der Waals surface area contributed by atoms with Crippen molar-refractivity contribution >= 4 is 23.1 Å². The van der Waals surface area contributed by atoms with Crippen molar-refractivity contribution < 1.29 is 4.79 Å². The lowest BCUT2D eigenvalue weighted by Gasteiger charge is -2.10. The number of aromatic nitrogens is 3. The smallest absolute Gasteiger partial charge is 0.307 e. The van der Waals surface area contributed by atoms with Gasteiger partial charge in [-0.2, -0.15) is 0 Å². The molecule has 0 bridgehead atoms. The lowest BCUT2D eigenvalue weighted by atomic mass is 10.1. The van der Waals surface area contributed by atoms with Gasteiger partial charge in [-0.05, 0) is 44.5 Å². The van der Waals surface area contributed by atoms with E-state index < -0.39 is 0 Å². The second-order valence-corrected chi connectivity index (χ2v) is 5.29. The largest absolute Gasteiger partial charge is 0.323 e. The number of nitrogens with zero attached hydrogens (tertiary/aromatic N) is 3. The zero-order valence-corrected chi connectivity index (χ0v) is 12.7. The number of benzene rings is 1. The molecule has 0 unspecified atom stereocenters. The minimum absolute atomic E-state index is 0.281. The van der Waals surface area contributed by atoms with E-state index in [9.17, 15) is 4.79 Å². The van der Waals surface area contributed by atoms with Crippen molar-refractivity contribution in [3.8, 4) is 0 Å². The summed E-state index contributed by atoms with van der Waals surface area (Å²) in [6, 6.07) is 9.23. The number of anilines is 2. The van der Waals surface area contributed by atoms with Crippen molar-refractivity contribution in [2.24, 2.45) is 0 Å². The number of urea groups is 1. The minimum Gasteiger partial charge on any atom is -0.307 e. The van der Waals surface area contributed by atoms with E-state index in [2.05, 4.69) is 20.8 Å². The fourth-order valence-electron chi connectivity index (χ4n) is 2.32. The summed E-state index contributed by atoms with van der Waals surface area (Å²) in [5.41, 5.74) is 4.41. The highest BCUT2D eigenvalue weighted by molar-refractivity contribution is 6.00. The number of carbonyl (C=O) groups is 1. The van der Waals surface area contributed by atoms with Crippen LogP contribution in [0.3, 0.4) is 0 Å². The second kappa shape index (κ2) is 5.48. The Morgan fingerprint density at radius 1 is 1.05 bits per heavy atom. The summed E-state index contributed by atoms with van der Waals surface area (Å²) in [4.78, 5) is 12.1. The van der Waals surface area contributed by atoms with Crippen LogP contribution in [0.1, 0.15) is 17.0 Å². The molecule has 0 radical (unpaired) electrons. The highest BCUT2D eigenvalue weighted by Crippen LogP contribution is 2.17. The number of pyridine rings is 1. The van der Waals surface area contributed by atoms with Crippen LogP contribution in [0.25, 0.3) is 5.65 Å². The predicted molar refractivity (Wildman–Crippen MR) is 86.3 cm³/mol. The Bertz CT molecular complexity index is 853. The van der Waals surface area contributed by atoms with Gasteiger partial charge in [0.05, 0.1) is 5.69 Å². The van der Waals surface area contributed by atoms with Gasteiger partial charge in [0, 0.05) is 11.9 Å². The molecule has 0 aliphatic rings. The molecule has 2 N–H and O–H groups in total. The summed E-state index contributed by atoms with van der Waals surface area (Å²) in [5.74, 6) is 0.772. The number of hydrogen-bond acceptors (Lipinski definition) is 3. The first-order valence-electron chi connectivity index (χ1n) is 6.99. The van der Waals surface area contributed by atoms with E-state index in [-0.39, 0.29) is 6.03 Å². The molecular weight excluding hydrogens is 278 g/mol. The maximum absolute atomic E-state index is 12.1. The molecule has 0 aliphatic carbocycles. The van der Waals surface area contributed by atoms with Gasteiger partial charge in [-0.3, -0.25) is 4.40 Å². The maximum atomic E-state index is 12.1. The zero-order chi connectivity index (χ0) is 15.7. The lowest BCUT2D eigenvalue weighted by molar-refractivity contribution is 0.262. The highest BCUT2D eigenvalue weighted by Gasteiger charge is 2.07. The van der Waals surface area contributed by atoms with Crippen LogP contribution < -0.4 is 10.6 Å². The van der Waals surface area contributed by atoms with Crippen LogP contribution in [-0.4, -0.2) is 20.6 Å². The maximum Gasteiger partial charge on any atom is 0.323 e. The number of rotatable bonds is 2. The molecule has 0 saturated carbocycles. The van der Waals surface area contributed by atoms with Crippen LogP contribution in [-0.2, 0) is 0 Å². The second-order valence-electron chi connectivity index (χ2n) is 5.29. The molecule has 2 amide bonds. The van der Waals surface area contributed by atoms with Crippen LogP contribution in [0.15, 0.2) is 36.5 Å². The Hall–Kier alpha value is -2.89. The first-order chi connectivity index (χ1) is 10.5. The first-order valence-corrected chi connectivity index (χ1v) is 6.99. The topological polar surface area (TPSA) is 71.3 Å². The fourth-order valence-corrected chi connectivity index (χ4v) is 2.32. The number of carbonyl (C=O) groups excluding carboxylic acids is 1. The monoisotopic (exact) mass is 295 g/mol. The van der Waals surface area contributed by atoms with Crippen molar-refractivity contribution in [2.75, 3.05) is 10.6 Å². The van der Waals surface area contributed by atoms with Gasteiger partial charge in [0.25, 0.3) is 0 Å². The average Bonchev–Trinajstić information content (AvgIpc) is 2.83. The van der Waals surface area contributed by atoms with Crippen molar-refractivity contribution in [1.82, 2.24) is 14.6 Å². The molecule has 6 nitrogen and oxygen atoms in total. The minimum atomic E-state index is -0.281. The summed E-state index contributed by atoms with van der Waals surface area (Å²) in [7, 11) is 0. The van der Waals surface area contributed by atoms with Gasteiger partial charge in [-0.25, -0.2) is 4.79 Å². The SMILES string of the molecule is Cc1ccc(NC(=O)Nc2ccc3nnc(C)n3c2)c(C)c1. The van der Waals surface area contributed by atoms with Crippen LogP contribution in [0.2, 0.25) is 0 Å². The predicted octanol–water partition coefficient (Wildman–Crippen LogP) is 3.30. The van der Waals surface area contributed by atoms with Crippen molar-refractivity contribution in [3.05, 3.63) is 53.5 Å². The summed E-state index contributed by atoms with van der Waals surface area (Å²) >= 11 is 0. The summed E-state index contributed by atoms with van der Waals surface area (Å²) in [6.07, 6.45) is 1.80. The van der Waals surface area contributed by atoms with Crippen molar-refractivity contribution in [3.63, 3.8) is 0 Å². The van der Waals surface area contributed by atoms with Gasteiger partial charge >= 0.3 is 6.03 Å². The van der Waals surface area contributed by atoms with Gasteiger partial charge in [0.15, 0.2) is 5.65 Å². The van der Waals surface area contributed by atoms with Crippen LogP contribution >= 0.6 is 0 Å². The molecule has 1 aromatic carbocycles. The third kappa shape index (κ3) is 2.76. The van der Waals surface area contributed by atoms with E-state index in [1.54, 1.807) is 12.3 Å². The van der Waals surface area contributed by atoms with E-state index in [1.807, 2.05) is 49.4 Å². The van der Waals surface area contributed by atoms with Crippen LogP contribution in [0.5, 0.6) is 0 Å². The Morgan fingerprint density at radius 2 is 1.86 bits per heavy atom. The molecule has 2 heterocycles. The average molecular weight is 295 g/mol. The van der Waals surface area contributed by atoms with E-state index in [0.29, 0.717) is 5.69 Å². The molecule has 0 aliphatic heterocycles. The molecule has 112 valence electrons. The van der Waals surface area contributed by atoms with Crippen LogP contribution in [0, 0.1) is 20.8 Å². The van der Waals surface area contributed by atoms with Gasteiger partial charge in [-0.1, -0.05) is 17.7 Å². The standard InChI is InChI=1S/C16H17N5O/c1-10-4-6-14(11(2)8-10)18-16(22)17-13-5-7-15-20-19-12(3)21(15)9-13/h4-9H,1-3H3,(H2,17,18,22). The Morgan fingerprint density at radius 3 is 2.64 bits per heavy atom. The Balaban J connectivity index is 1.76. The quantitative estimate of drug-likeness (QED) is 0.762. The third-order valence-corrected chi connectivity index (χ3v) is 3.46. The van der Waals surface area contributed by atoms with E-state index >= 15 is 0 Å². The fraction of sp³-hybridized carbons (Fsp3) is 0.188. The number of hydrogen-bond donors (Lipinski definition) is 2. The number of fused-ring (bicyclic) bond motifs is 1.